The first kappa shape index (κ1) is 21.2. The largest absolute Gasteiger partial charge is 0.382 e. The second-order valence-electron chi connectivity index (χ2n) is 8.01. The molecule has 0 saturated heterocycles. The lowest BCUT2D eigenvalue weighted by molar-refractivity contribution is 0.388. The van der Waals surface area contributed by atoms with Crippen LogP contribution in [0.15, 0.2) is 48.8 Å². The molecule has 0 aliphatic heterocycles. The fraction of sp³-hybridized carbons (Fsp3) is 0.304. The van der Waals surface area contributed by atoms with Crippen LogP contribution in [0, 0.1) is 17.1 Å². The van der Waals surface area contributed by atoms with Crippen molar-refractivity contribution in [2.45, 2.75) is 37.8 Å². The molecule has 6 nitrogen and oxygen atoms in total. The Bertz CT molecular complexity index is 1260. The summed E-state index contributed by atoms with van der Waals surface area (Å²) in [4.78, 5) is 4.25. The number of pyridine rings is 1. The minimum atomic E-state index is -3.20. The standard InChI is InChI=1S/C23H23FN4O2S/c1-31(29,30)28-20-5-3-19(4-6-20)27-23-12-17(11-16-8-9-26-14-21(16)23)15-2-7-22(24)18(10-15)13-25/h2,7-12,14,19-20,27-28H,3-6H2,1H3. The minimum absolute atomic E-state index is 0.0125. The molecule has 4 rings (SSSR count). The molecule has 2 N–H and O–H groups in total. The summed E-state index contributed by atoms with van der Waals surface area (Å²) in [6, 6.07) is 12.5. The van der Waals surface area contributed by atoms with Gasteiger partial charge >= 0.3 is 0 Å². The zero-order chi connectivity index (χ0) is 22.0. The number of nitriles is 1. The lowest BCUT2D eigenvalue weighted by atomic mass is 9.91. The monoisotopic (exact) mass is 438 g/mol. The van der Waals surface area contributed by atoms with Gasteiger partial charge in [-0.15, -0.1) is 0 Å². The van der Waals surface area contributed by atoms with Gasteiger partial charge in [-0.2, -0.15) is 5.26 Å². The smallest absolute Gasteiger partial charge is 0.208 e. The van der Waals surface area contributed by atoms with Gasteiger partial charge in [-0.05, 0) is 72.5 Å². The second-order valence-corrected chi connectivity index (χ2v) is 9.79. The van der Waals surface area contributed by atoms with Gasteiger partial charge in [-0.25, -0.2) is 17.5 Å². The summed E-state index contributed by atoms with van der Waals surface area (Å²) in [7, 11) is -3.20. The first-order chi connectivity index (χ1) is 14.8. The fourth-order valence-electron chi connectivity index (χ4n) is 4.15. The summed E-state index contributed by atoms with van der Waals surface area (Å²) >= 11 is 0. The van der Waals surface area contributed by atoms with E-state index in [0.717, 1.165) is 53.3 Å². The third-order valence-electron chi connectivity index (χ3n) is 5.64. The van der Waals surface area contributed by atoms with E-state index in [4.69, 9.17) is 0 Å². The van der Waals surface area contributed by atoms with Crippen LogP contribution >= 0.6 is 0 Å². The topological polar surface area (TPSA) is 94.9 Å². The van der Waals surface area contributed by atoms with Crippen molar-refractivity contribution >= 4 is 26.5 Å². The van der Waals surface area contributed by atoms with Crippen LogP contribution in [0.3, 0.4) is 0 Å². The average Bonchev–Trinajstić information content (AvgIpc) is 2.74. The Labute approximate surface area is 181 Å². The highest BCUT2D eigenvalue weighted by atomic mass is 32.2. The van der Waals surface area contributed by atoms with Crippen molar-refractivity contribution in [1.82, 2.24) is 9.71 Å². The summed E-state index contributed by atoms with van der Waals surface area (Å²) in [5.41, 5.74) is 2.58. The number of rotatable bonds is 5. The minimum Gasteiger partial charge on any atom is -0.382 e. The third kappa shape index (κ3) is 5.01. The number of hydrogen-bond acceptors (Lipinski definition) is 5. The zero-order valence-corrected chi connectivity index (χ0v) is 17.9. The Morgan fingerprint density at radius 3 is 2.52 bits per heavy atom. The van der Waals surface area contributed by atoms with Crippen molar-refractivity contribution in [1.29, 1.82) is 5.26 Å². The molecule has 8 heteroatoms. The summed E-state index contributed by atoms with van der Waals surface area (Å²) in [6.45, 7) is 0. The maximum absolute atomic E-state index is 13.8. The highest BCUT2D eigenvalue weighted by molar-refractivity contribution is 7.88. The highest BCUT2D eigenvalue weighted by Gasteiger charge is 2.23. The maximum atomic E-state index is 13.8. The number of sulfonamides is 1. The van der Waals surface area contributed by atoms with Gasteiger partial charge in [0, 0.05) is 35.6 Å². The van der Waals surface area contributed by atoms with E-state index in [9.17, 15) is 18.1 Å². The van der Waals surface area contributed by atoms with Gasteiger partial charge < -0.3 is 5.32 Å². The van der Waals surface area contributed by atoms with Crippen LogP contribution in [0.1, 0.15) is 31.2 Å². The Morgan fingerprint density at radius 1 is 1.06 bits per heavy atom. The highest BCUT2D eigenvalue weighted by Crippen LogP contribution is 2.33. The molecule has 0 atom stereocenters. The molecule has 1 aromatic heterocycles. The molecule has 0 spiro atoms. The number of anilines is 1. The van der Waals surface area contributed by atoms with Crippen LogP contribution in [0.4, 0.5) is 10.1 Å². The van der Waals surface area contributed by atoms with Crippen LogP contribution in [0.2, 0.25) is 0 Å². The maximum Gasteiger partial charge on any atom is 0.208 e. The van der Waals surface area contributed by atoms with E-state index < -0.39 is 15.8 Å². The lowest BCUT2D eigenvalue weighted by Gasteiger charge is -2.30. The molecule has 31 heavy (non-hydrogen) atoms. The molecule has 0 unspecified atom stereocenters. The number of nitrogens with one attached hydrogen (secondary N) is 2. The average molecular weight is 439 g/mol. The van der Waals surface area contributed by atoms with E-state index >= 15 is 0 Å². The summed E-state index contributed by atoms with van der Waals surface area (Å²) in [6.07, 6.45) is 7.94. The molecular formula is C23H23FN4O2S. The van der Waals surface area contributed by atoms with E-state index in [1.54, 1.807) is 18.3 Å². The first-order valence-electron chi connectivity index (χ1n) is 10.1. The van der Waals surface area contributed by atoms with Crippen LogP contribution < -0.4 is 10.0 Å². The molecule has 1 saturated carbocycles. The lowest BCUT2D eigenvalue weighted by Crippen LogP contribution is -2.39. The molecule has 1 fully saturated rings. The van der Waals surface area contributed by atoms with E-state index in [1.807, 2.05) is 30.5 Å². The predicted octanol–water partition coefficient (Wildman–Crippen LogP) is 4.18. The van der Waals surface area contributed by atoms with Crippen molar-refractivity contribution in [3.8, 4) is 17.2 Å². The van der Waals surface area contributed by atoms with Crippen LogP contribution in [0.5, 0.6) is 0 Å². The SMILES string of the molecule is CS(=O)(=O)NC1CCC(Nc2cc(-c3ccc(F)c(C#N)c3)cc3ccncc23)CC1. The number of hydrogen-bond donors (Lipinski definition) is 2. The van der Waals surface area contributed by atoms with Crippen LogP contribution in [0.25, 0.3) is 21.9 Å². The molecule has 3 aromatic rings. The van der Waals surface area contributed by atoms with Crippen molar-refractivity contribution in [3.63, 3.8) is 0 Å². The Balaban J connectivity index is 1.62. The number of halogens is 1. The second kappa shape index (κ2) is 8.61. The van der Waals surface area contributed by atoms with Gasteiger partial charge in [-0.1, -0.05) is 6.07 Å². The Morgan fingerprint density at radius 2 is 1.81 bits per heavy atom. The molecule has 1 aliphatic carbocycles. The number of aromatic nitrogens is 1. The molecule has 1 aliphatic rings. The molecule has 0 radical (unpaired) electrons. The number of benzene rings is 2. The number of nitrogens with zero attached hydrogens (tertiary/aromatic N) is 2. The van der Waals surface area contributed by atoms with Crippen LogP contribution in [-0.2, 0) is 10.0 Å². The van der Waals surface area contributed by atoms with Crippen molar-refractivity contribution in [2.75, 3.05) is 11.6 Å². The van der Waals surface area contributed by atoms with E-state index in [1.165, 1.54) is 12.3 Å². The zero-order valence-electron chi connectivity index (χ0n) is 17.1. The molecule has 160 valence electrons. The molecule has 0 amide bonds. The molecular weight excluding hydrogens is 415 g/mol. The van der Waals surface area contributed by atoms with Crippen LogP contribution in [-0.4, -0.2) is 31.7 Å². The van der Waals surface area contributed by atoms with Gasteiger partial charge in [0.25, 0.3) is 0 Å². The first-order valence-corrected chi connectivity index (χ1v) is 12.0. The molecule has 1 heterocycles. The van der Waals surface area contributed by atoms with Crippen molar-refractivity contribution < 1.29 is 12.8 Å². The van der Waals surface area contributed by atoms with Crippen molar-refractivity contribution in [3.05, 3.63) is 60.2 Å². The van der Waals surface area contributed by atoms with Crippen molar-refractivity contribution in [2.24, 2.45) is 0 Å². The molecule has 0 bridgehead atoms. The van der Waals surface area contributed by atoms with E-state index in [-0.39, 0.29) is 17.6 Å². The van der Waals surface area contributed by atoms with Gasteiger partial charge in [-0.3, -0.25) is 4.98 Å². The van der Waals surface area contributed by atoms with Gasteiger partial charge in [0.2, 0.25) is 10.0 Å². The summed E-state index contributed by atoms with van der Waals surface area (Å²) in [5.74, 6) is -0.533. The number of fused-ring (bicyclic) bond motifs is 1. The predicted molar refractivity (Wildman–Crippen MR) is 119 cm³/mol. The van der Waals surface area contributed by atoms with E-state index in [0.29, 0.717) is 0 Å². The quantitative estimate of drug-likeness (QED) is 0.623. The molecule has 2 aromatic carbocycles. The third-order valence-corrected chi connectivity index (χ3v) is 6.40. The Hall–Kier alpha value is -3.02. The van der Waals surface area contributed by atoms with Gasteiger partial charge in [0.1, 0.15) is 11.9 Å². The van der Waals surface area contributed by atoms with Gasteiger partial charge in [0.05, 0.1) is 11.8 Å². The fourth-order valence-corrected chi connectivity index (χ4v) is 4.99. The Kier molecular flexibility index (Phi) is 5.90. The van der Waals surface area contributed by atoms with Gasteiger partial charge in [0.15, 0.2) is 0 Å². The van der Waals surface area contributed by atoms with E-state index in [2.05, 4.69) is 15.0 Å². The summed E-state index contributed by atoms with van der Waals surface area (Å²) in [5, 5.41) is 14.7. The normalized spacial score (nSPS) is 19.1. The summed E-state index contributed by atoms with van der Waals surface area (Å²) < 4.78 is 39.4.